The SMILES string of the molecule is CC(C)CCN(C)C(=O)c1nonc1N. The molecule has 0 saturated carbocycles. The average Bonchev–Trinajstić information content (AvgIpc) is 2.59. The number of aromatic nitrogens is 2. The van der Waals surface area contributed by atoms with E-state index in [1.165, 1.54) is 0 Å². The fraction of sp³-hybridized carbons (Fsp3) is 0.667. The maximum absolute atomic E-state index is 11.7. The van der Waals surface area contributed by atoms with Gasteiger partial charge in [-0.05, 0) is 22.7 Å². The summed E-state index contributed by atoms with van der Waals surface area (Å²) in [6.07, 6.45) is 0.938. The molecule has 1 rings (SSSR count). The fourth-order valence-electron chi connectivity index (χ4n) is 1.08. The molecule has 1 amide bonds. The maximum atomic E-state index is 11.7. The Kier molecular flexibility index (Phi) is 3.65. The number of nitrogens with zero attached hydrogens (tertiary/aromatic N) is 3. The molecule has 1 aromatic heterocycles. The highest BCUT2D eigenvalue weighted by molar-refractivity contribution is 5.95. The Bertz CT molecular complexity index is 335. The van der Waals surface area contributed by atoms with E-state index in [1.54, 1.807) is 11.9 Å². The predicted molar refractivity (Wildman–Crippen MR) is 55.1 cm³/mol. The van der Waals surface area contributed by atoms with E-state index in [2.05, 4.69) is 28.8 Å². The summed E-state index contributed by atoms with van der Waals surface area (Å²) in [5.74, 6) is 0.332. The molecule has 0 radical (unpaired) electrons. The van der Waals surface area contributed by atoms with Gasteiger partial charge in [0.2, 0.25) is 11.5 Å². The first-order chi connectivity index (χ1) is 7.02. The lowest BCUT2D eigenvalue weighted by atomic mass is 10.1. The zero-order valence-corrected chi connectivity index (χ0v) is 9.23. The minimum absolute atomic E-state index is 0.0383. The van der Waals surface area contributed by atoms with E-state index >= 15 is 0 Å². The molecule has 0 aliphatic heterocycles. The standard InChI is InChI=1S/C9H16N4O2/c1-6(2)4-5-13(3)9(14)7-8(10)12-15-11-7/h6H,4-5H2,1-3H3,(H2,10,12). The monoisotopic (exact) mass is 212 g/mol. The van der Waals surface area contributed by atoms with Gasteiger partial charge >= 0.3 is 0 Å². The molecule has 0 bridgehead atoms. The van der Waals surface area contributed by atoms with Crippen LogP contribution < -0.4 is 5.73 Å². The zero-order chi connectivity index (χ0) is 11.4. The van der Waals surface area contributed by atoms with E-state index in [-0.39, 0.29) is 17.4 Å². The zero-order valence-electron chi connectivity index (χ0n) is 9.23. The third-order valence-electron chi connectivity index (χ3n) is 2.11. The molecule has 0 saturated heterocycles. The van der Waals surface area contributed by atoms with Crippen LogP contribution in [0.5, 0.6) is 0 Å². The Morgan fingerprint density at radius 1 is 1.53 bits per heavy atom. The third-order valence-corrected chi connectivity index (χ3v) is 2.11. The molecule has 0 aliphatic rings. The smallest absolute Gasteiger partial charge is 0.279 e. The van der Waals surface area contributed by atoms with Crippen molar-refractivity contribution in [2.75, 3.05) is 19.3 Å². The van der Waals surface area contributed by atoms with Gasteiger partial charge in [0.15, 0.2) is 0 Å². The summed E-state index contributed by atoms with van der Waals surface area (Å²) in [5, 5.41) is 6.82. The summed E-state index contributed by atoms with van der Waals surface area (Å²) >= 11 is 0. The third kappa shape index (κ3) is 2.93. The van der Waals surface area contributed by atoms with Crippen LogP contribution in [-0.4, -0.2) is 34.7 Å². The van der Waals surface area contributed by atoms with Crippen molar-refractivity contribution in [3.8, 4) is 0 Å². The summed E-state index contributed by atoms with van der Waals surface area (Å²) in [6, 6.07) is 0. The van der Waals surface area contributed by atoms with Crippen LogP contribution in [0.3, 0.4) is 0 Å². The van der Waals surface area contributed by atoms with Crippen molar-refractivity contribution in [1.82, 2.24) is 15.2 Å². The molecule has 6 heteroatoms. The van der Waals surface area contributed by atoms with E-state index in [0.29, 0.717) is 12.5 Å². The van der Waals surface area contributed by atoms with Gasteiger partial charge in [0.1, 0.15) is 0 Å². The second-order valence-corrected chi connectivity index (χ2v) is 3.91. The van der Waals surface area contributed by atoms with Gasteiger partial charge in [0.25, 0.3) is 5.91 Å². The Morgan fingerprint density at radius 3 is 2.67 bits per heavy atom. The summed E-state index contributed by atoms with van der Waals surface area (Å²) in [6.45, 7) is 4.87. The Morgan fingerprint density at radius 2 is 2.20 bits per heavy atom. The van der Waals surface area contributed by atoms with Crippen molar-refractivity contribution >= 4 is 11.7 Å². The van der Waals surface area contributed by atoms with Gasteiger partial charge in [0, 0.05) is 13.6 Å². The second kappa shape index (κ2) is 4.77. The average molecular weight is 212 g/mol. The Labute approximate surface area is 88.4 Å². The number of nitrogens with two attached hydrogens (primary N) is 1. The molecule has 0 aliphatic carbocycles. The van der Waals surface area contributed by atoms with Crippen molar-refractivity contribution in [3.05, 3.63) is 5.69 Å². The van der Waals surface area contributed by atoms with Crippen molar-refractivity contribution < 1.29 is 9.42 Å². The molecule has 0 atom stereocenters. The largest absolute Gasteiger partial charge is 0.379 e. The maximum Gasteiger partial charge on any atom is 0.279 e. The van der Waals surface area contributed by atoms with E-state index < -0.39 is 0 Å². The first-order valence-electron chi connectivity index (χ1n) is 4.86. The van der Waals surface area contributed by atoms with Gasteiger partial charge in [-0.15, -0.1) is 0 Å². The second-order valence-electron chi connectivity index (χ2n) is 3.91. The van der Waals surface area contributed by atoms with Crippen LogP contribution in [-0.2, 0) is 0 Å². The van der Waals surface area contributed by atoms with Crippen molar-refractivity contribution in [2.24, 2.45) is 5.92 Å². The molecular weight excluding hydrogens is 196 g/mol. The number of nitrogen functional groups attached to an aromatic ring is 1. The minimum atomic E-state index is -0.255. The van der Waals surface area contributed by atoms with E-state index in [0.717, 1.165) is 6.42 Å². The topological polar surface area (TPSA) is 85.2 Å². The summed E-state index contributed by atoms with van der Waals surface area (Å²) < 4.78 is 4.37. The van der Waals surface area contributed by atoms with Crippen LogP contribution in [0.15, 0.2) is 4.63 Å². The Balaban J connectivity index is 2.57. The molecule has 15 heavy (non-hydrogen) atoms. The van der Waals surface area contributed by atoms with Crippen molar-refractivity contribution in [1.29, 1.82) is 0 Å². The molecule has 2 N–H and O–H groups in total. The number of carbonyl (C=O) groups is 1. The van der Waals surface area contributed by atoms with Gasteiger partial charge in [0.05, 0.1) is 0 Å². The molecule has 1 aromatic rings. The van der Waals surface area contributed by atoms with Crippen LogP contribution in [0.25, 0.3) is 0 Å². The highest BCUT2D eigenvalue weighted by Crippen LogP contribution is 2.09. The van der Waals surface area contributed by atoms with Crippen LogP contribution in [0.1, 0.15) is 30.8 Å². The van der Waals surface area contributed by atoms with E-state index in [4.69, 9.17) is 5.73 Å². The highest BCUT2D eigenvalue weighted by Gasteiger charge is 2.19. The van der Waals surface area contributed by atoms with Gasteiger partial charge in [-0.25, -0.2) is 4.63 Å². The number of amides is 1. The number of anilines is 1. The number of carbonyl (C=O) groups excluding carboxylic acids is 1. The lowest BCUT2D eigenvalue weighted by molar-refractivity contribution is 0.0779. The molecule has 0 spiro atoms. The van der Waals surface area contributed by atoms with Crippen LogP contribution in [0, 0.1) is 5.92 Å². The molecule has 0 unspecified atom stereocenters. The van der Waals surface area contributed by atoms with Gasteiger partial charge in [-0.3, -0.25) is 4.79 Å². The van der Waals surface area contributed by atoms with Crippen molar-refractivity contribution in [2.45, 2.75) is 20.3 Å². The highest BCUT2D eigenvalue weighted by atomic mass is 16.6. The van der Waals surface area contributed by atoms with Crippen LogP contribution in [0.2, 0.25) is 0 Å². The fourth-order valence-corrected chi connectivity index (χ4v) is 1.08. The summed E-state index contributed by atoms with van der Waals surface area (Å²) in [4.78, 5) is 13.3. The van der Waals surface area contributed by atoms with Crippen LogP contribution >= 0.6 is 0 Å². The summed E-state index contributed by atoms with van der Waals surface area (Å²) in [5.41, 5.74) is 5.50. The first-order valence-corrected chi connectivity index (χ1v) is 4.86. The van der Waals surface area contributed by atoms with E-state index in [9.17, 15) is 4.79 Å². The van der Waals surface area contributed by atoms with Crippen molar-refractivity contribution in [3.63, 3.8) is 0 Å². The first kappa shape index (κ1) is 11.5. The molecule has 0 aromatic carbocycles. The predicted octanol–water partition coefficient (Wildman–Crippen LogP) is 0.770. The quantitative estimate of drug-likeness (QED) is 0.796. The van der Waals surface area contributed by atoms with Crippen LogP contribution in [0.4, 0.5) is 5.82 Å². The molecule has 0 fully saturated rings. The lowest BCUT2D eigenvalue weighted by Crippen LogP contribution is -2.29. The molecule has 84 valence electrons. The normalized spacial score (nSPS) is 10.7. The Hall–Kier alpha value is -1.59. The minimum Gasteiger partial charge on any atom is -0.379 e. The number of rotatable bonds is 4. The van der Waals surface area contributed by atoms with Gasteiger partial charge < -0.3 is 10.6 Å². The molecule has 1 heterocycles. The lowest BCUT2D eigenvalue weighted by Gasteiger charge is -2.16. The molecular formula is C9H16N4O2. The summed E-state index contributed by atoms with van der Waals surface area (Å²) in [7, 11) is 1.71. The van der Waals surface area contributed by atoms with Gasteiger partial charge in [-0.1, -0.05) is 13.8 Å². The molecule has 6 nitrogen and oxygen atoms in total. The number of hydrogen-bond donors (Lipinski definition) is 1. The van der Waals surface area contributed by atoms with Gasteiger partial charge in [-0.2, -0.15) is 0 Å². The number of hydrogen-bond acceptors (Lipinski definition) is 5. The van der Waals surface area contributed by atoms with E-state index in [1.807, 2.05) is 0 Å².